The van der Waals surface area contributed by atoms with Crippen molar-refractivity contribution in [1.29, 1.82) is 5.41 Å². The molecule has 0 spiro atoms. The molecule has 0 saturated carbocycles. The fourth-order valence-electron chi connectivity index (χ4n) is 0.890. The van der Waals surface area contributed by atoms with E-state index in [4.69, 9.17) is 10.5 Å². The van der Waals surface area contributed by atoms with E-state index in [9.17, 15) is 4.39 Å². The molecule has 4 nitrogen and oxygen atoms in total. The van der Waals surface area contributed by atoms with Crippen LogP contribution in [0.25, 0.3) is 0 Å². The summed E-state index contributed by atoms with van der Waals surface area (Å²) in [4.78, 5) is 3.56. The van der Waals surface area contributed by atoms with E-state index < -0.39 is 0 Å². The highest BCUT2D eigenvalue weighted by molar-refractivity contribution is 5.99. The molecule has 1 aromatic carbocycles. The quantitative estimate of drug-likeness (QED) is 0.501. The number of rotatable bonds is 3. The van der Waals surface area contributed by atoms with Gasteiger partial charge < -0.3 is 10.4 Å². The highest BCUT2D eigenvalue weighted by Crippen LogP contribution is 2.07. The minimum absolute atomic E-state index is 0.242. The van der Waals surface area contributed by atoms with Gasteiger partial charge in [0.05, 0.1) is 0 Å². The number of aliphatic imine (C=N–C) groups is 1. The molecular formula is C9H10FN3O. The Bertz CT molecular complexity index is 334. The Balaban J connectivity index is 2.72. The minimum Gasteiger partial charge on any atom is -0.388 e. The Kier molecular flexibility index (Phi) is 3.75. The molecule has 0 aliphatic rings. The molecule has 0 aliphatic heterocycles. The number of aliphatic hydroxyl groups excluding tert-OH is 1. The van der Waals surface area contributed by atoms with Gasteiger partial charge in [-0.05, 0) is 24.3 Å². The van der Waals surface area contributed by atoms with E-state index in [2.05, 4.69) is 10.3 Å². The molecular weight excluding hydrogens is 185 g/mol. The number of benzene rings is 1. The molecule has 1 aromatic rings. The Morgan fingerprint density at radius 3 is 2.64 bits per heavy atom. The number of aliphatic hydroxyl groups is 1. The lowest BCUT2D eigenvalue weighted by Gasteiger charge is -2.05. The first-order valence-electron chi connectivity index (χ1n) is 3.95. The summed E-state index contributed by atoms with van der Waals surface area (Å²) < 4.78 is 12.5. The van der Waals surface area contributed by atoms with Crippen molar-refractivity contribution in [2.75, 3.05) is 11.9 Å². The molecule has 0 radical (unpaired) electrons. The highest BCUT2D eigenvalue weighted by atomic mass is 19.1. The summed E-state index contributed by atoms with van der Waals surface area (Å²) in [5.41, 5.74) is 0.612. The smallest absolute Gasteiger partial charge is 0.134 e. The van der Waals surface area contributed by atoms with Gasteiger partial charge >= 0.3 is 0 Å². The second-order valence-electron chi connectivity index (χ2n) is 2.49. The molecule has 0 aromatic heterocycles. The largest absolute Gasteiger partial charge is 0.388 e. The fourth-order valence-corrected chi connectivity index (χ4v) is 0.890. The van der Waals surface area contributed by atoms with E-state index in [0.29, 0.717) is 5.69 Å². The van der Waals surface area contributed by atoms with Gasteiger partial charge in [0.2, 0.25) is 0 Å². The SMILES string of the molecule is N=C/N=C(/CO)Nc1ccc(F)cc1. The first kappa shape index (κ1) is 10.3. The zero-order valence-electron chi connectivity index (χ0n) is 7.37. The second-order valence-corrected chi connectivity index (χ2v) is 2.49. The van der Waals surface area contributed by atoms with E-state index in [0.717, 1.165) is 6.34 Å². The summed E-state index contributed by atoms with van der Waals surface area (Å²) in [5, 5.41) is 18.3. The summed E-state index contributed by atoms with van der Waals surface area (Å²) in [6, 6.07) is 5.62. The molecule has 0 bridgehead atoms. The predicted molar refractivity (Wildman–Crippen MR) is 53.3 cm³/mol. The average Bonchev–Trinajstić information content (AvgIpc) is 2.20. The summed E-state index contributed by atoms with van der Waals surface area (Å²) in [5.74, 6) is -0.0864. The van der Waals surface area contributed by atoms with Gasteiger partial charge in [0.1, 0.15) is 24.6 Å². The van der Waals surface area contributed by atoms with Gasteiger partial charge in [0.25, 0.3) is 0 Å². The lowest BCUT2D eigenvalue weighted by atomic mass is 10.3. The number of anilines is 1. The van der Waals surface area contributed by atoms with Crippen LogP contribution in [0.4, 0.5) is 10.1 Å². The summed E-state index contributed by atoms with van der Waals surface area (Å²) >= 11 is 0. The Morgan fingerprint density at radius 2 is 2.14 bits per heavy atom. The van der Waals surface area contributed by atoms with E-state index in [1.165, 1.54) is 24.3 Å². The van der Waals surface area contributed by atoms with Crippen molar-refractivity contribution in [1.82, 2.24) is 0 Å². The van der Waals surface area contributed by atoms with Crippen molar-refractivity contribution in [3.8, 4) is 0 Å². The van der Waals surface area contributed by atoms with Gasteiger partial charge in [-0.25, -0.2) is 9.38 Å². The van der Waals surface area contributed by atoms with Crippen molar-refractivity contribution in [2.24, 2.45) is 4.99 Å². The number of hydrogen-bond donors (Lipinski definition) is 3. The van der Waals surface area contributed by atoms with Gasteiger partial charge in [-0.1, -0.05) is 0 Å². The average molecular weight is 195 g/mol. The molecule has 0 aliphatic carbocycles. The number of amidine groups is 1. The molecule has 0 unspecified atom stereocenters. The normalized spacial score (nSPS) is 11.1. The van der Waals surface area contributed by atoms with Crippen LogP contribution in [0.2, 0.25) is 0 Å². The van der Waals surface area contributed by atoms with Crippen LogP contribution < -0.4 is 5.32 Å². The maximum absolute atomic E-state index is 12.5. The third-order valence-electron chi connectivity index (χ3n) is 1.50. The monoisotopic (exact) mass is 195 g/mol. The van der Waals surface area contributed by atoms with E-state index in [1.807, 2.05) is 0 Å². The first-order chi connectivity index (χ1) is 6.76. The predicted octanol–water partition coefficient (Wildman–Crippen LogP) is 1.24. The van der Waals surface area contributed by atoms with Crippen molar-refractivity contribution >= 4 is 17.9 Å². The van der Waals surface area contributed by atoms with Crippen LogP contribution in [0.1, 0.15) is 0 Å². The minimum atomic E-state index is -0.329. The van der Waals surface area contributed by atoms with Crippen LogP contribution in [0, 0.1) is 11.2 Å². The van der Waals surface area contributed by atoms with Gasteiger partial charge in [-0.2, -0.15) is 0 Å². The van der Waals surface area contributed by atoms with Crippen LogP contribution in [-0.2, 0) is 0 Å². The van der Waals surface area contributed by atoms with Crippen LogP contribution in [0.15, 0.2) is 29.3 Å². The van der Waals surface area contributed by atoms with Gasteiger partial charge in [0, 0.05) is 5.69 Å². The Morgan fingerprint density at radius 1 is 1.50 bits per heavy atom. The first-order valence-corrected chi connectivity index (χ1v) is 3.95. The van der Waals surface area contributed by atoms with Crippen LogP contribution in [0.5, 0.6) is 0 Å². The molecule has 0 fully saturated rings. The number of nitrogens with one attached hydrogen (secondary N) is 2. The summed E-state index contributed by atoms with van der Waals surface area (Å²) in [6.45, 7) is -0.299. The van der Waals surface area contributed by atoms with Gasteiger partial charge in [-0.3, -0.25) is 5.41 Å². The van der Waals surface area contributed by atoms with Crippen LogP contribution in [0.3, 0.4) is 0 Å². The molecule has 0 saturated heterocycles. The third-order valence-corrected chi connectivity index (χ3v) is 1.50. The summed E-state index contributed by atoms with van der Waals surface area (Å²) in [7, 11) is 0. The van der Waals surface area contributed by atoms with Crippen molar-refractivity contribution in [2.45, 2.75) is 0 Å². The Labute approximate surface area is 80.6 Å². The second kappa shape index (κ2) is 5.08. The topological polar surface area (TPSA) is 68.5 Å². The van der Waals surface area contributed by atoms with Crippen molar-refractivity contribution in [3.63, 3.8) is 0 Å². The Hall–Kier alpha value is -1.75. The number of hydrogen-bond acceptors (Lipinski definition) is 2. The van der Waals surface area contributed by atoms with E-state index >= 15 is 0 Å². The molecule has 14 heavy (non-hydrogen) atoms. The zero-order chi connectivity index (χ0) is 10.4. The number of nitrogens with zero attached hydrogens (tertiary/aromatic N) is 1. The number of halogens is 1. The molecule has 0 atom stereocenters. The van der Waals surface area contributed by atoms with Crippen LogP contribution in [-0.4, -0.2) is 23.9 Å². The maximum atomic E-state index is 12.5. The third kappa shape index (κ3) is 2.95. The molecule has 1 rings (SSSR count). The van der Waals surface area contributed by atoms with E-state index in [1.54, 1.807) is 0 Å². The highest BCUT2D eigenvalue weighted by Gasteiger charge is 1.97. The molecule has 0 heterocycles. The molecule has 3 N–H and O–H groups in total. The van der Waals surface area contributed by atoms with Crippen LogP contribution >= 0.6 is 0 Å². The lowest BCUT2D eigenvalue weighted by Crippen LogP contribution is -2.16. The zero-order valence-corrected chi connectivity index (χ0v) is 7.37. The fraction of sp³-hybridized carbons (Fsp3) is 0.111. The van der Waals surface area contributed by atoms with Crippen molar-refractivity contribution < 1.29 is 9.50 Å². The van der Waals surface area contributed by atoms with E-state index in [-0.39, 0.29) is 18.3 Å². The van der Waals surface area contributed by atoms with Gasteiger partial charge in [0.15, 0.2) is 0 Å². The summed E-state index contributed by atoms with van der Waals surface area (Å²) in [6.07, 6.45) is 0.822. The lowest BCUT2D eigenvalue weighted by molar-refractivity contribution is 0.357. The van der Waals surface area contributed by atoms with Gasteiger partial charge in [-0.15, -0.1) is 0 Å². The van der Waals surface area contributed by atoms with Crippen molar-refractivity contribution in [3.05, 3.63) is 30.1 Å². The molecule has 0 amide bonds. The molecule has 5 heteroatoms. The standard InChI is InChI=1S/C9H10FN3O/c10-7-1-3-8(4-2-7)13-9(5-14)12-6-11/h1-4,6,14H,5H2,(H2,11,12,13). The molecule has 74 valence electrons. The maximum Gasteiger partial charge on any atom is 0.134 e.